The van der Waals surface area contributed by atoms with Gasteiger partial charge in [-0.3, -0.25) is 14.9 Å². The monoisotopic (exact) mass is 253 g/mol. The summed E-state index contributed by atoms with van der Waals surface area (Å²) < 4.78 is 4.83. The van der Waals surface area contributed by atoms with Crippen molar-refractivity contribution in [2.24, 2.45) is 0 Å². The first-order valence-electron chi connectivity index (χ1n) is 5.21. The topological polar surface area (TPSA) is 110 Å². The number of phenols is 1. The fourth-order valence-corrected chi connectivity index (χ4v) is 1.92. The summed E-state index contributed by atoms with van der Waals surface area (Å²) in [5.74, 6) is -1.70. The summed E-state index contributed by atoms with van der Waals surface area (Å²) in [6.07, 6.45) is 0.848. The van der Waals surface area contributed by atoms with Crippen LogP contribution >= 0.6 is 0 Å². The van der Waals surface area contributed by atoms with Crippen LogP contribution in [0.2, 0.25) is 0 Å². The van der Waals surface area contributed by atoms with E-state index in [4.69, 9.17) is 9.84 Å². The second-order valence-electron chi connectivity index (χ2n) is 4.19. The highest BCUT2D eigenvalue weighted by Crippen LogP contribution is 2.51. The van der Waals surface area contributed by atoms with Crippen molar-refractivity contribution >= 4 is 11.7 Å². The zero-order chi connectivity index (χ0) is 13.5. The van der Waals surface area contributed by atoms with Crippen LogP contribution in [0.3, 0.4) is 0 Å². The van der Waals surface area contributed by atoms with E-state index in [1.807, 2.05) is 0 Å². The van der Waals surface area contributed by atoms with Crippen LogP contribution in [0, 0.1) is 10.1 Å². The van der Waals surface area contributed by atoms with Crippen molar-refractivity contribution in [3.63, 3.8) is 0 Å². The van der Waals surface area contributed by atoms with Crippen molar-refractivity contribution in [1.82, 2.24) is 0 Å². The SMILES string of the molecule is COc1cc(C2(C(=O)O)CC2)cc([N+](=O)[O-])c1O. The van der Waals surface area contributed by atoms with E-state index in [1.165, 1.54) is 13.2 Å². The van der Waals surface area contributed by atoms with Crippen LogP contribution in [-0.2, 0) is 10.2 Å². The van der Waals surface area contributed by atoms with Crippen LogP contribution in [0.1, 0.15) is 18.4 Å². The van der Waals surface area contributed by atoms with Gasteiger partial charge in [0.05, 0.1) is 17.4 Å². The lowest BCUT2D eigenvalue weighted by Crippen LogP contribution is -2.19. The lowest BCUT2D eigenvalue weighted by Gasteiger charge is -2.12. The minimum absolute atomic E-state index is 0.0910. The molecule has 0 atom stereocenters. The van der Waals surface area contributed by atoms with Crippen LogP contribution in [0.4, 0.5) is 5.69 Å². The maximum Gasteiger partial charge on any atom is 0.314 e. The van der Waals surface area contributed by atoms with Gasteiger partial charge in [-0.15, -0.1) is 0 Å². The molecule has 0 aliphatic heterocycles. The minimum Gasteiger partial charge on any atom is -0.500 e. The quantitative estimate of drug-likeness (QED) is 0.620. The van der Waals surface area contributed by atoms with Crippen molar-refractivity contribution in [3.8, 4) is 11.5 Å². The molecule has 1 aliphatic carbocycles. The highest BCUT2D eigenvalue weighted by molar-refractivity contribution is 5.85. The number of benzene rings is 1. The molecule has 96 valence electrons. The summed E-state index contributed by atoms with van der Waals surface area (Å²) in [6, 6.07) is 2.43. The number of aromatic hydroxyl groups is 1. The number of aliphatic carboxylic acids is 1. The number of nitro groups is 1. The van der Waals surface area contributed by atoms with Crippen molar-refractivity contribution < 1.29 is 24.7 Å². The van der Waals surface area contributed by atoms with E-state index in [0.29, 0.717) is 12.8 Å². The lowest BCUT2D eigenvalue weighted by atomic mass is 9.95. The number of rotatable bonds is 4. The van der Waals surface area contributed by atoms with Crippen LogP contribution < -0.4 is 4.74 Å². The highest BCUT2D eigenvalue weighted by Gasteiger charge is 2.52. The van der Waals surface area contributed by atoms with Gasteiger partial charge in [0.25, 0.3) is 0 Å². The van der Waals surface area contributed by atoms with Crippen molar-refractivity contribution in [3.05, 3.63) is 27.8 Å². The van der Waals surface area contributed by atoms with Crippen molar-refractivity contribution in [2.75, 3.05) is 7.11 Å². The number of nitro benzene ring substituents is 1. The first kappa shape index (κ1) is 12.2. The van der Waals surface area contributed by atoms with Gasteiger partial charge in [0.1, 0.15) is 0 Å². The molecule has 18 heavy (non-hydrogen) atoms. The number of carboxylic acid groups (broad SMARTS) is 1. The van der Waals surface area contributed by atoms with Gasteiger partial charge in [-0.05, 0) is 24.5 Å². The molecule has 7 heteroatoms. The Hall–Kier alpha value is -2.31. The van der Waals surface area contributed by atoms with Gasteiger partial charge in [-0.1, -0.05) is 0 Å². The van der Waals surface area contributed by atoms with E-state index in [0.717, 1.165) is 6.07 Å². The molecule has 0 saturated heterocycles. The minimum atomic E-state index is -1.08. The summed E-state index contributed by atoms with van der Waals surface area (Å²) >= 11 is 0. The number of ether oxygens (including phenoxy) is 1. The molecule has 1 saturated carbocycles. The second kappa shape index (κ2) is 3.86. The van der Waals surface area contributed by atoms with E-state index in [1.54, 1.807) is 0 Å². The third-order valence-corrected chi connectivity index (χ3v) is 3.18. The summed E-state index contributed by atoms with van der Waals surface area (Å²) in [4.78, 5) is 21.2. The van der Waals surface area contributed by atoms with Gasteiger partial charge >= 0.3 is 11.7 Å². The summed E-state index contributed by atoms with van der Waals surface area (Å²) in [7, 11) is 1.25. The zero-order valence-corrected chi connectivity index (χ0v) is 9.54. The molecule has 2 N–H and O–H groups in total. The molecular weight excluding hydrogens is 242 g/mol. The molecule has 0 amide bonds. The number of hydrogen-bond acceptors (Lipinski definition) is 5. The highest BCUT2D eigenvalue weighted by atomic mass is 16.6. The van der Waals surface area contributed by atoms with Crippen LogP contribution in [0.15, 0.2) is 12.1 Å². The van der Waals surface area contributed by atoms with Crippen molar-refractivity contribution in [1.29, 1.82) is 0 Å². The van der Waals surface area contributed by atoms with Crippen LogP contribution in [0.5, 0.6) is 11.5 Å². The Balaban J connectivity index is 2.60. The van der Waals surface area contributed by atoms with Crippen LogP contribution in [-0.4, -0.2) is 28.2 Å². The number of nitrogens with zero attached hydrogens (tertiary/aromatic N) is 1. The summed E-state index contributed by atoms with van der Waals surface area (Å²) in [5.41, 5.74) is -1.33. The molecule has 0 spiro atoms. The predicted octanol–water partition coefficient (Wildman–Crippen LogP) is 1.43. The third kappa shape index (κ3) is 1.64. The fraction of sp³-hybridized carbons (Fsp3) is 0.364. The zero-order valence-electron chi connectivity index (χ0n) is 9.54. The van der Waals surface area contributed by atoms with E-state index in [-0.39, 0.29) is 11.3 Å². The molecule has 0 heterocycles. The summed E-state index contributed by atoms with van der Waals surface area (Å²) in [6.45, 7) is 0. The lowest BCUT2D eigenvalue weighted by molar-refractivity contribution is -0.386. The first-order chi connectivity index (χ1) is 8.42. The molecule has 7 nitrogen and oxygen atoms in total. The fourth-order valence-electron chi connectivity index (χ4n) is 1.92. The van der Waals surface area contributed by atoms with Gasteiger partial charge in [0, 0.05) is 6.07 Å². The number of methoxy groups -OCH3 is 1. The van der Waals surface area contributed by atoms with Crippen molar-refractivity contribution in [2.45, 2.75) is 18.3 Å². The first-order valence-corrected chi connectivity index (χ1v) is 5.21. The summed E-state index contributed by atoms with van der Waals surface area (Å²) in [5, 5.41) is 29.5. The van der Waals surface area contributed by atoms with Gasteiger partial charge in [0.2, 0.25) is 5.75 Å². The largest absolute Gasteiger partial charge is 0.500 e. The van der Waals surface area contributed by atoms with Gasteiger partial charge in [0.15, 0.2) is 5.75 Å². The molecule has 2 rings (SSSR count). The van der Waals surface area contributed by atoms with Gasteiger partial charge < -0.3 is 14.9 Å². The molecule has 1 aromatic carbocycles. The maximum absolute atomic E-state index is 11.2. The Kier molecular flexibility index (Phi) is 2.61. The molecule has 1 fully saturated rings. The average Bonchev–Trinajstić information content (AvgIpc) is 3.10. The maximum atomic E-state index is 11.2. The van der Waals surface area contributed by atoms with E-state index in [2.05, 4.69) is 0 Å². The Morgan fingerprint density at radius 3 is 2.50 bits per heavy atom. The Bertz CT molecular complexity index is 535. The Morgan fingerprint density at radius 2 is 2.11 bits per heavy atom. The number of phenolic OH excluding ortho intramolecular Hbond substituents is 1. The molecule has 0 unspecified atom stereocenters. The Labute approximate surface area is 102 Å². The van der Waals surface area contributed by atoms with Gasteiger partial charge in [-0.25, -0.2) is 0 Å². The van der Waals surface area contributed by atoms with E-state index < -0.39 is 27.7 Å². The predicted molar refractivity (Wildman–Crippen MR) is 59.9 cm³/mol. The number of carbonyl (C=O) groups is 1. The molecule has 1 aliphatic rings. The molecular formula is C11H11NO6. The Morgan fingerprint density at radius 1 is 1.50 bits per heavy atom. The standard InChI is InChI=1S/C11H11NO6/c1-18-8-5-6(11(2-3-11)10(14)15)4-7(9(8)13)12(16)17/h4-5,13H,2-3H2,1H3,(H,14,15). The number of hydrogen-bond donors (Lipinski definition) is 2. The smallest absolute Gasteiger partial charge is 0.314 e. The number of carboxylic acids is 1. The normalized spacial score (nSPS) is 16.1. The second-order valence-corrected chi connectivity index (χ2v) is 4.19. The third-order valence-electron chi connectivity index (χ3n) is 3.18. The van der Waals surface area contributed by atoms with E-state index in [9.17, 15) is 20.0 Å². The average molecular weight is 253 g/mol. The van der Waals surface area contributed by atoms with Gasteiger partial charge in [-0.2, -0.15) is 0 Å². The molecule has 0 radical (unpaired) electrons. The molecule has 1 aromatic rings. The molecule has 0 aromatic heterocycles. The van der Waals surface area contributed by atoms with Crippen LogP contribution in [0.25, 0.3) is 0 Å². The van der Waals surface area contributed by atoms with E-state index >= 15 is 0 Å². The molecule has 0 bridgehead atoms.